The van der Waals surface area contributed by atoms with Crippen molar-refractivity contribution in [1.82, 2.24) is 0 Å². The van der Waals surface area contributed by atoms with Crippen LogP contribution in [0.25, 0.3) is 0 Å². The summed E-state index contributed by atoms with van der Waals surface area (Å²) >= 11 is 0. The molecule has 0 radical (unpaired) electrons. The molecule has 0 saturated carbocycles. The summed E-state index contributed by atoms with van der Waals surface area (Å²) in [7, 11) is 2.68. The van der Waals surface area contributed by atoms with Crippen LogP contribution in [0, 0.1) is 0 Å². The van der Waals surface area contributed by atoms with Crippen molar-refractivity contribution < 1.29 is 39.4 Å². The van der Waals surface area contributed by atoms with Gasteiger partial charge in [-0.05, 0) is 12.1 Å². The highest BCUT2D eigenvalue weighted by Gasteiger charge is 2.39. The van der Waals surface area contributed by atoms with E-state index in [9.17, 15) is 25.2 Å². The van der Waals surface area contributed by atoms with Crippen LogP contribution in [0.4, 0.5) is 0 Å². The second-order valence-electron chi connectivity index (χ2n) is 5.46. The van der Waals surface area contributed by atoms with Gasteiger partial charge in [-0.3, -0.25) is 4.79 Å². The van der Waals surface area contributed by atoms with E-state index < -0.39 is 23.7 Å². The van der Waals surface area contributed by atoms with Gasteiger partial charge in [-0.25, -0.2) is 0 Å². The third kappa shape index (κ3) is 2.66. The zero-order chi connectivity index (χ0) is 18.3. The van der Waals surface area contributed by atoms with Gasteiger partial charge in [0.05, 0.1) is 14.2 Å². The van der Waals surface area contributed by atoms with Gasteiger partial charge in [-0.15, -0.1) is 0 Å². The van der Waals surface area contributed by atoms with Gasteiger partial charge in [0.1, 0.15) is 22.8 Å². The number of ketones is 1. The minimum Gasteiger partial charge on any atom is -0.508 e. The number of hydrogen-bond donors (Lipinski definition) is 4. The Labute approximate surface area is 142 Å². The maximum absolute atomic E-state index is 12.4. The Morgan fingerprint density at radius 2 is 1.60 bits per heavy atom. The highest BCUT2D eigenvalue weighted by atomic mass is 16.5. The number of methoxy groups -OCH3 is 2. The second kappa shape index (κ2) is 6.06. The molecule has 1 aliphatic heterocycles. The lowest BCUT2D eigenvalue weighted by Gasteiger charge is -2.30. The summed E-state index contributed by atoms with van der Waals surface area (Å²) in [6.07, 6.45) is -2.76. The van der Waals surface area contributed by atoms with E-state index in [1.54, 1.807) is 0 Å². The first kappa shape index (κ1) is 16.7. The molecule has 4 N–H and O–H groups in total. The molecule has 0 amide bonds. The van der Waals surface area contributed by atoms with Crippen LogP contribution < -0.4 is 14.2 Å². The lowest BCUT2D eigenvalue weighted by Crippen LogP contribution is -2.36. The van der Waals surface area contributed by atoms with Gasteiger partial charge < -0.3 is 34.6 Å². The summed E-state index contributed by atoms with van der Waals surface area (Å²) in [5.74, 6) is -1.69. The average molecular weight is 348 g/mol. The molecule has 2 atom stereocenters. The molecule has 1 aliphatic rings. The number of benzene rings is 2. The number of carbonyl (C=O) groups is 1. The molecule has 2 aromatic carbocycles. The molecule has 8 heteroatoms. The Kier molecular flexibility index (Phi) is 4.05. The molecule has 25 heavy (non-hydrogen) atoms. The van der Waals surface area contributed by atoms with Gasteiger partial charge in [-0.2, -0.15) is 0 Å². The van der Waals surface area contributed by atoms with Gasteiger partial charge in [0.2, 0.25) is 11.5 Å². The molecule has 1 heterocycles. The maximum Gasteiger partial charge on any atom is 0.202 e. The number of phenolic OH excluding ortho intramolecular Hbond substituents is 3. The molecular weight excluding hydrogens is 332 g/mol. The number of carbonyl (C=O) groups excluding carboxylic acids is 1. The van der Waals surface area contributed by atoms with E-state index in [-0.39, 0.29) is 34.3 Å². The first-order valence-electron chi connectivity index (χ1n) is 7.27. The minimum atomic E-state index is -1.61. The normalized spacial score (nSPS) is 19.1. The average Bonchev–Trinajstić information content (AvgIpc) is 2.57. The summed E-state index contributed by atoms with van der Waals surface area (Å²) in [5, 5.41) is 39.7. The Bertz CT molecular complexity index is 820. The molecule has 0 aliphatic carbocycles. The summed E-state index contributed by atoms with van der Waals surface area (Å²) in [4.78, 5) is 12.4. The van der Waals surface area contributed by atoms with Gasteiger partial charge in [0, 0.05) is 17.7 Å². The standard InChI is InChI=1S/C17H16O8/c1-23-11-3-7(4-12(24-2)14(11)20)17-16(22)15(21)13-9(19)5-8(18)6-10(13)25-17/h3-6,16-20,22H,1-2H3. The predicted molar refractivity (Wildman–Crippen MR) is 84.7 cm³/mol. The van der Waals surface area contributed by atoms with Crippen molar-refractivity contribution >= 4 is 5.78 Å². The summed E-state index contributed by atoms with van der Waals surface area (Å²) < 4.78 is 15.7. The van der Waals surface area contributed by atoms with Crippen molar-refractivity contribution in [3.8, 4) is 34.5 Å². The predicted octanol–water partition coefficient (Wildman–Crippen LogP) is 1.50. The largest absolute Gasteiger partial charge is 0.508 e. The molecule has 0 saturated heterocycles. The van der Waals surface area contributed by atoms with E-state index in [4.69, 9.17) is 14.2 Å². The summed E-state index contributed by atoms with van der Waals surface area (Å²) in [6, 6.07) is 4.94. The van der Waals surface area contributed by atoms with Crippen molar-refractivity contribution in [1.29, 1.82) is 0 Å². The lowest BCUT2D eigenvalue weighted by atomic mass is 9.92. The fourth-order valence-corrected chi connectivity index (χ4v) is 2.74. The van der Waals surface area contributed by atoms with Crippen LogP contribution in [0.2, 0.25) is 0 Å². The number of aliphatic hydroxyl groups is 1. The van der Waals surface area contributed by atoms with Crippen LogP contribution in [0.5, 0.6) is 34.5 Å². The Hall–Kier alpha value is -3.13. The Morgan fingerprint density at radius 3 is 2.16 bits per heavy atom. The van der Waals surface area contributed by atoms with E-state index >= 15 is 0 Å². The smallest absolute Gasteiger partial charge is 0.202 e. The fraction of sp³-hybridized carbons (Fsp3) is 0.235. The minimum absolute atomic E-state index is 0.0659. The van der Waals surface area contributed by atoms with Crippen LogP contribution >= 0.6 is 0 Å². The van der Waals surface area contributed by atoms with Crippen molar-refractivity contribution in [3.63, 3.8) is 0 Å². The first-order chi connectivity index (χ1) is 11.9. The topological polar surface area (TPSA) is 126 Å². The van der Waals surface area contributed by atoms with Crippen molar-refractivity contribution in [2.24, 2.45) is 0 Å². The van der Waals surface area contributed by atoms with Gasteiger partial charge in [-0.1, -0.05) is 0 Å². The number of aliphatic hydroxyl groups excluding tert-OH is 1. The highest BCUT2D eigenvalue weighted by molar-refractivity contribution is 6.05. The summed E-state index contributed by atoms with van der Waals surface area (Å²) in [5.41, 5.74) is 0.0973. The van der Waals surface area contributed by atoms with E-state index in [0.29, 0.717) is 5.56 Å². The number of phenols is 3. The Morgan fingerprint density at radius 1 is 1.00 bits per heavy atom. The third-order valence-corrected chi connectivity index (χ3v) is 3.95. The van der Waals surface area contributed by atoms with E-state index in [0.717, 1.165) is 6.07 Å². The van der Waals surface area contributed by atoms with Gasteiger partial charge in [0.15, 0.2) is 23.7 Å². The van der Waals surface area contributed by atoms with Crippen molar-refractivity contribution in [3.05, 3.63) is 35.4 Å². The van der Waals surface area contributed by atoms with Crippen LogP contribution in [0.15, 0.2) is 24.3 Å². The van der Waals surface area contributed by atoms with Crippen LogP contribution in [0.1, 0.15) is 22.0 Å². The number of fused-ring (bicyclic) bond motifs is 1. The molecule has 8 nitrogen and oxygen atoms in total. The van der Waals surface area contributed by atoms with E-state index in [2.05, 4.69) is 0 Å². The molecular formula is C17H16O8. The highest BCUT2D eigenvalue weighted by Crippen LogP contribution is 2.45. The zero-order valence-corrected chi connectivity index (χ0v) is 13.4. The number of aromatic hydroxyl groups is 3. The van der Waals surface area contributed by atoms with E-state index in [1.165, 1.54) is 32.4 Å². The molecule has 0 spiro atoms. The third-order valence-electron chi connectivity index (χ3n) is 3.95. The van der Waals surface area contributed by atoms with Crippen LogP contribution in [-0.4, -0.2) is 46.5 Å². The lowest BCUT2D eigenvalue weighted by molar-refractivity contribution is 0.0209. The van der Waals surface area contributed by atoms with Gasteiger partial charge >= 0.3 is 0 Å². The monoisotopic (exact) mass is 348 g/mol. The Balaban J connectivity index is 2.11. The molecule has 132 valence electrons. The number of ether oxygens (including phenoxy) is 3. The van der Waals surface area contributed by atoms with Crippen LogP contribution in [0.3, 0.4) is 0 Å². The van der Waals surface area contributed by atoms with Crippen LogP contribution in [-0.2, 0) is 0 Å². The first-order valence-corrected chi connectivity index (χ1v) is 7.27. The second-order valence-corrected chi connectivity index (χ2v) is 5.46. The fourth-order valence-electron chi connectivity index (χ4n) is 2.74. The zero-order valence-electron chi connectivity index (χ0n) is 13.4. The number of rotatable bonds is 3. The molecule has 2 aromatic rings. The maximum atomic E-state index is 12.4. The SMILES string of the molecule is COc1cc(C2Oc3cc(O)cc(O)c3C(=O)C2O)cc(OC)c1O. The number of Topliss-reactive ketones (excluding diaryl/α,β-unsaturated/α-hetero) is 1. The molecule has 0 fully saturated rings. The molecule has 3 rings (SSSR count). The van der Waals surface area contributed by atoms with E-state index in [1.807, 2.05) is 0 Å². The molecule has 0 aromatic heterocycles. The van der Waals surface area contributed by atoms with Crippen molar-refractivity contribution in [2.75, 3.05) is 14.2 Å². The van der Waals surface area contributed by atoms with Gasteiger partial charge in [0.25, 0.3) is 0 Å². The number of hydrogen-bond acceptors (Lipinski definition) is 8. The molecule has 2 unspecified atom stereocenters. The van der Waals surface area contributed by atoms with Crippen molar-refractivity contribution in [2.45, 2.75) is 12.2 Å². The summed E-state index contributed by atoms with van der Waals surface area (Å²) in [6.45, 7) is 0. The quantitative estimate of drug-likeness (QED) is 0.657. The molecule has 0 bridgehead atoms.